The van der Waals surface area contributed by atoms with Crippen molar-refractivity contribution in [2.24, 2.45) is 0 Å². The molecule has 0 radical (unpaired) electrons. The Morgan fingerprint density at radius 3 is 2.05 bits per heavy atom. The van der Waals surface area contributed by atoms with Gasteiger partial charge in [0.25, 0.3) is 5.91 Å². The summed E-state index contributed by atoms with van der Waals surface area (Å²) < 4.78 is 43.8. The summed E-state index contributed by atoms with van der Waals surface area (Å²) in [6.07, 6.45) is 1.50. The van der Waals surface area contributed by atoms with Gasteiger partial charge >= 0.3 is 5.97 Å². The summed E-state index contributed by atoms with van der Waals surface area (Å²) in [5, 5.41) is 0. The van der Waals surface area contributed by atoms with Crippen molar-refractivity contribution in [3.05, 3.63) is 102 Å². The highest BCUT2D eigenvalue weighted by Gasteiger charge is 2.31. The summed E-state index contributed by atoms with van der Waals surface area (Å²) in [6, 6.07) is 17.0. The molecule has 0 bridgehead atoms. The Morgan fingerprint density at radius 1 is 0.868 bits per heavy atom. The first-order valence-corrected chi connectivity index (χ1v) is 12.3. The SMILES string of the molecule is CCC(=O)Oc1ccc2c(c1)OC=C(C(=O)N1CCN(C(c3ccc(F)cc3)c3ccc(F)cc3)CC1)O2. The first-order valence-electron chi connectivity index (χ1n) is 12.3. The van der Waals surface area contributed by atoms with E-state index in [9.17, 15) is 18.4 Å². The van der Waals surface area contributed by atoms with Crippen LogP contribution in [0, 0.1) is 11.6 Å². The van der Waals surface area contributed by atoms with Gasteiger partial charge in [0.05, 0.1) is 6.04 Å². The number of esters is 1. The minimum Gasteiger partial charge on any atom is -0.457 e. The van der Waals surface area contributed by atoms with Crippen molar-refractivity contribution in [1.29, 1.82) is 0 Å². The number of nitrogens with zero attached hydrogens (tertiary/aromatic N) is 2. The third-order valence-corrected chi connectivity index (χ3v) is 6.50. The number of piperazine rings is 1. The van der Waals surface area contributed by atoms with Crippen LogP contribution in [0.2, 0.25) is 0 Å². The molecule has 1 saturated heterocycles. The van der Waals surface area contributed by atoms with Crippen LogP contribution in [0.1, 0.15) is 30.5 Å². The van der Waals surface area contributed by atoms with Crippen molar-refractivity contribution in [3.8, 4) is 17.2 Å². The number of amides is 1. The molecule has 0 aliphatic carbocycles. The lowest BCUT2D eigenvalue weighted by Gasteiger charge is -2.40. The number of benzene rings is 3. The zero-order valence-corrected chi connectivity index (χ0v) is 20.7. The van der Waals surface area contributed by atoms with Crippen LogP contribution in [-0.4, -0.2) is 47.9 Å². The minimum absolute atomic E-state index is 0.0536. The average molecular weight is 521 g/mol. The van der Waals surface area contributed by atoms with Crippen LogP contribution in [0.15, 0.2) is 78.8 Å². The van der Waals surface area contributed by atoms with Gasteiger partial charge in [0.15, 0.2) is 11.5 Å². The van der Waals surface area contributed by atoms with Gasteiger partial charge in [0.2, 0.25) is 5.76 Å². The molecule has 3 aromatic rings. The summed E-state index contributed by atoms with van der Waals surface area (Å²) >= 11 is 0. The lowest BCUT2D eigenvalue weighted by atomic mass is 9.96. The molecule has 0 unspecified atom stereocenters. The van der Waals surface area contributed by atoms with Gasteiger partial charge in [-0.15, -0.1) is 0 Å². The quantitative estimate of drug-likeness (QED) is 0.343. The number of hydrogen-bond acceptors (Lipinski definition) is 6. The van der Waals surface area contributed by atoms with Crippen molar-refractivity contribution in [3.63, 3.8) is 0 Å². The Hall–Kier alpha value is -4.24. The van der Waals surface area contributed by atoms with Crippen LogP contribution in [0.5, 0.6) is 17.2 Å². The van der Waals surface area contributed by atoms with E-state index in [4.69, 9.17) is 14.2 Å². The molecular formula is C29H26F2N2O5. The van der Waals surface area contributed by atoms with Gasteiger partial charge in [-0.25, -0.2) is 8.78 Å². The molecule has 3 aromatic carbocycles. The number of ether oxygens (including phenoxy) is 3. The van der Waals surface area contributed by atoms with E-state index >= 15 is 0 Å². The highest BCUT2D eigenvalue weighted by atomic mass is 19.1. The minimum atomic E-state index is -0.367. The van der Waals surface area contributed by atoms with Crippen molar-refractivity contribution in [1.82, 2.24) is 9.80 Å². The third kappa shape index (κ3) is 5.52. The molecule has 1 amide bonds. The van der Waals surface area contributed by atoms with E-state index in [0.717, 1.165) is 11.1 Å². The molecular weight excluding hydrogens is 494 g/mol. The summed E-state index contributed by atoms with van der Waals surface area (Å²) in [5.41, 5.74) is 1.76. The van der Waals surface area contributed by atoms with Crippen LogP contribution in [-0.2, 0) is 9.59 Å². The fraction of sp³-hybridized carbons (Fsp3) is 0.241. The molecule has 1 fully saturated rings. The first kappa shape index (κ1) is 25.4. The number of halogens is 2. The predicted molar refractivity (Wildman–Crippen MR) is 135 cm³/mol. The number of fused-ring (bicyclic) bond motifs is 1. The van der Waals surface area contributed by atoms with Crippen LogP contribution in [0.3, 0.4) is 0 Å². The maximum Gasteiger partial charge on any atom is 0.310 e. The molecule has 0 atom stereocenters. The van der Waals surface area contributed by atoms with Gasteiger partial charge in [0, 0.05) is 38.7 Å². The average Bonchev–Trinajstić information content (AvgIpc) is 2.95. The van der Waals surface area contributed by atoms with Crippen molar-refractivity contribution in [2.75, 3.05) is 26.2 Å². The molecule has 9 heteroatoms. The van der Waals surface area contributed by atoms with Crippen molar-refractivity contribution < 1.29 is 32.6 Å². The number of carbonyl (C=O) groups excluding carboxylic acids is 2. The fourth-order valence-electron chi connectivity index (χ4n) is 4.53. The van der Waals surface area contributed by atoms with Gasteiger partial charge in [0.1, 0.15) is 23.6 Å². The second-order valence-electron chi connectivity index (χ2n) is 8.97. The molecule has 2 aliphatic rings. The lowest BCUT2D eigenvalue weighted by Crippen LogP contribution is -2.50. The molecule has 196 valence electrons. The van der Waals surface area contributed by atoms with E-state index in [1.807, 2.05) is 0 Å². The largest absolute Gasteiger partial charge is 0.457 e. The van der Waals surface area contributed by atoms with E-state index < -0.39 is 0 Å². The second kappa shape index (κ2) is 11.0. The van der Waals surface area contributed by atoms with Gasteiger partial charge in [-0.2, -0.15) is 0 Å². The first-order chi connectivity index (χ1) is 18.4. The van der Waals surface area contributed by atoms with Gasteiger partial charge < -0.3 is 19.1 Å². The fourth-order valence-corrected chi connectivity index (χ4v) is 4.53. The van der Waals surface area contributed by atoms with Crippen LogP contribution < -0.4 is 14.2 Å². The number of carbonyl (C=O) groups is 2. The van der Waals surface area contributed by atoms with Gasteiger partial charge in [-0.3, -0.25) is 14.5 Å². The maximum absolute atomic E-state index is 13.6. The van der Waals surface area contributed by atoms with Crippen molar-refractivity contribution >= 4 is 11.9 Å². The van der Waals surface area contributed by atoms with E-state index in [2.05, 4.69) is 4.90 Å². The Bertz CT molecular complexity index is 1300. The zero-order valence-electron chi connectivity index (χ0n) is 20.7. The predicted octanol–water partition coefficient (Wildman–Crippen LogP) is 4.83. The summed E-state index contributed by atoms with van der Waals surface area (Å²) in [7, 11) is 0. The normalized spacial score (nSPS) is 15.3. The Balaban J connectivity index is 1.26. The number of hydrogen-bond donors (Lipinski definition) is 0. The molecule has 0 spiro atoms. The Kier molecular flexibility index (Phi) is 7.37. The molecule has 2 heterocycles. The Morgan fingerprint density at radius 2 is 1.47 bits per heavy atom. The summed E-state index contributed by atoms with van der Waals surface area (Å²) in [6.45, 7) is 3.64. The third-order valence-electron chi connectivity index (χ3n) is 6.50. The molecule has 0 saturated carbocycles. The van der Waals surface area contributed by atoms with Gasteiger partial charge in [-0.1, -0.05) is 31.2 Å². The van der Waals surface area contributed by atoms with Crippen LogP contribution >= 0.6 is 0 Å². The summed E-state index contributed by atoms with van der Waals surface area (Å²) in [4.78, 5) is 28.6. The topological polar surface area (TPSA) is 68.3 Å². The molecule has 7 nitrogen and oxygen atoms in total. The summed E-state index contributed by atoms with van der Waals surface area (Å²) in [5.74, 6) is -0.263. The molecule has 2 aliphatic heterocycles. The maximum atomic E-state index is 13.6. The van der Waals surface area contributed by atoms with E-state index in [0.29, 0.717) is 43.4 Å². The molecule has 5 rings (SSSR count). The van der Waals surface area contributed by atoms with Gasteiger partial charge in [-0.05, 0) is 47.5 Å². The van der Waals surface area contributed by atoms with E-state index in [1.165, 1.54) is 36.6 Å². The Labute approximate surface area is 218 Å². The molecule has 38 heavy (non-hydrogen) atoms. The number of rotatable bonds is 6. The monoisotopic (exact) mass is 520 g/mol. The standard InChI is InChI=1S/C29H26F2N2O5/c1-2-27(34)37-23-11-12-24-25(17-23)36-18-26(38-24)29(35)33-15-13-32(14-16-33)28(19-3-7-21(30)8-4-19)20-5-9-22(31)10-6-20/h3-12,17-18,28H,2,13-16H2,1H3. The van der Waals surface area contributed by atoms with E-state index in [1.54, 1.807) is 48.2 Å². The highest BCUT2D eigenvalue weighted by Crippen LogP contribution is 2.36. The highest BCUT2D eigenvalue weighted by molar-refractivity contribution is 5.92. The zero-order chi connectivity index (χ0) is 26.6. The second-order valence-corrected chi connectivity index (χ2v) is 8.97. The lowest BCUT2D eigenvalue weighted by molar-refractivity contribution is -0.134. The molecule has 0 N–H and O–H groups in total. The molecule has 0 aromatic heterocycles. The van der Waals surface area contributed by atoms with E-state index in [-0.39, 0.29) is 41.7 Å². The smallest absolute Gasteiger partial charge is 0.310 e. The van der Waals surface area contributed by atoms with Crippen LogP contribution in [0.4, 0.5) is 8.78 Å². The van der Waals surface area contributed by atoms with Crippen LogP contribution in [0.25, 0.3) is 0 Å². The van der Waals surface area contributed by atoms with Crippen molar-refractivity contribution in [2.45, 2.75) is 19.4 Å².